The number of morpholine rings is 2. The summed E-state index contributed by atoms with van der Waals surface area (Å²) in [5.74, 6) is 1.39. The fraction of sp³-hybridized carbons (Fsp3) is 0.500. The summed E-state index contributed by atoms with van der Waals surface area (Å²) in [5, 5.41) is 12.2. The smallest absolute Gasteiger partial charge is 0.163 e. The summed E-state index contributed by atoms with van der Waals surface area (Å²) in [5.41, 5.74) is 3.27. The molecule has 4 rings (SSSR count). The maximum absolute atomic E-state index is 8.60. The first-order valence-corrected chi connectivity index (χ1v) is 11.1. The van der Waals surface area contributed by atoms with Gasteiger partial charge in [0.15, 0.2) is 5.82 Å². The number of hydrogen-bond acceptors (Lipinski definition) is 8. The Bertz CT molecular complexity index is 913. The molecule has 2 saturated heterocycles. The molecule has 2 N–H and O–H groups in total. The molecule has 0 atom stereocenters. The lowest BCUT2D eigenvalue weighted by atomic mass is 10.0. The van der Waals surface area contributed by atoms with E-state index in [0.717, 1.165) is 68.6 Å². The predicted molar refractivity (Wildman–Crippen MR) is 124 cm³/mol. The lowest BCUT2D eigenvalue weighted by Crippen LogP contribution is -2.37. The third-order valence-corrected chi connectivity index (χ3v) is 5.86. The zero-order valence-electron chi connectivity index (χ0n) is 17.9. The van der Waals surface area contributed by atoms with E-state index in [0.29, 0.717) is 36.3 Å². The summed E-state index contributed by atoms with van der Waals surface area (Å²) < 4.78 is 10.8. The van der Waals surface area contributed by atoms with Gasteiger partial charge in [-0.15, -0.1) is 0 Å². The Hall–Kier alpha value is -2.26. The van der Waals surface area contributed by atoms with Crippen LogP contribution in [0.4, 0.5) is 11.5 Å². The molecule has 0 aliphatic carbocycles. The molecular formula is C22H29ClN6O2. The van der Waals surface area contributed by atoms with Gasteiger partial charge in [0.05, 0.1) is 26.4 Å². The standard InChI is InChI=1S/C22H29ClN6O2/c1-25-19-14-16(2-3-17(19)18(24)4-5-28-6-10-30-11-7-28)22-26-20(23)15-21(27-22)29-8-12-31-13-9-29/h2-3,14-15,24-25H,4-13H2,1H3. The van der Waals surface area contributed by atoms with E-state index in [1.54, 1.807) is 6.07 Å². The first-order valence-electron chi connectivity index (χ1n) is 10.7. The van der Waals surface area contributed by atoms with Crippen molar-refractivity contribution in [2.75, 3.05) is 76.4 Å². The monoisotopic (exact) mass is 444 g/mol. The lowest BCUT2D eigenvalue weighted by molar-refractivity contribution is 0.0392. The van der Waals surface area contributed by atoms with Gasteiger partial charge in [0.1, 0.15) is 11.0 Å². The van der Waals surface area contributed by atoms with E-state index in [-0.39, 0.29) is 0 Å². The zero-order chi connectivity index (χ0) is 21.6. The Morgan fingerprint density at radius 1 is 1.06 bits per heavy atom. The lowest BCUT2D eigenvalue weighted by Gasteiger charge is -2.28. The Morgan fingerprint density at radius 3 is 2.48 bits per heavy atom. The molecule has 166 valence electrons. The molecule has 2 fully saturated rings. The van der Waals surface area contributed by atoms with Gasteiger partial charge in [-0.2, -0.15) is 0 Å². The minimum atomic E-state index is 0.417. The molecule has 3 heterocycles. The fourth-order valence-electron chi connectivity index (χ4n) is 3.87. The van der Waals surface area contributed by atoms with E-state index in [1.807, 2.05) is 25.2 Å². The van der Waals surface area contributed by atoms with E-state index >= 15 is 0 Å². The number of rotatable bonds is 7. The minimum absolute atomic E-state index is 0.417. The van der Waals surface area contributed by atoms with Crippen LogP contribution in [0, 0.1) is 5.41 Å². The van der Waals surface area contributed by atoms with Gasteiger partial charge in [0.25, 0.3) is 0 Å². The van der Waals surface area contributed by atoms with E-state index in [4.69, 9.17) is 31.5 Å². The van der Waals surface area contributed by atoms with Crippen molar-refractivity contribution in [2.45, 2.75) is 6.42 Å². The van der Waals surface area contributed by atoms with Crippen LogP contribution in [-0.4, -0.2) is 86.8 Å². The van der Waals surface area contributed by atoms with Crippen molar-refractivity contribution < 1.29 is 9.47 Å². The zero-order valence-corrected chi connectivity index (χ0v) is 18.6. The van der Waals surface area contributed by atoms with Crippen LogP contribution < -0.4 is 10.2 Å². The van der Waals surface area contributed by atoms with Crippen LogP contribution in [0.3, 0.4) is 0 Å². The van der Waals surface area contributed by atoms with E-state index in [9.17, 15) is 0 Å². The number of nitrogens with zero attached hydrogens (tertiary/aromatic N) is 4. The maximum atomic E-state index is 8.60. The van der Waals surface area contributed by atoms with Crippen molar-refractivity contribution >= 4 is 28.8 Å². The molecule has 0 saturated carbocycles. The molecule has 0 radical (unpaired) electrons. The summed E-state index contributed by atoms with van der Waals surface area (Å²) in [6.07, 6.45) is 0.697. The molecule has 9 heteroatoms. The highest BCUT2D eigenvalue weighted by Crippen LogP contribution is 2.27. The van der Waals surface area contributed by atoms with Gasteiger partial charge in [0.2, 0.25) is 0 Å². The van der Waals surface area contributed by atoms with Crippen LogP contribution in [-0.2, 0) is 9.47 Å². The average Bonchev–Trinajstić information content (AvgIpc) is 2.83. The molecule has 8 nitrogen and oxygen atoms in total. The average molecular weight is 445 g/mol. The van der Waals surface area contributed by atoms with Gasteiger partial charge in [-0.05, 0) is 6.07 Å². The van der Waals surface area contributed by atoms with Gasteiger partial charge >= 0.3 is 0 Å². The van der Waals surface area contributed by atoms with Crippen LogP contribution >= 0.6 is 11.6 Å². The van der Waals surface area contributed by atoms with Gasteiger partial charge in [-0.1, -0.05) is 23.7 Å². The van der Waals surface area contributed by atoms with Crippen LogP contribution in [0.1, 0.15) is 12.0 Å². The van der Waals surface area contributed by atoms with E-state index in [2.05, 4.69) is 20.1 Å². The number of hydrogen-bond donors (Lipinski definition) is 2. The summed E-state index contributed by atoms with van der Waals surface area (Å²) in [6.45, 7) is 7.22. The highest BCUT2D eigenvalue weighted by molar-refractivity contribution is 6.29. The number of nitrogens with one attached hydrogen (secondary N) is 2. The third-order valence-electron chi connectivity index (χ3n) is 5.67. The van der Waals surface area contributed by atoms with Crippen molar-refractivity contribution in [3.63, 3.8) is 0 Å². The van der Waals surface area contributed by atoms with Crippen molar-refractivity contribution in [1.82, 2.24) is 14.9 Å². The fourth-order valence-corrected chi connectivity index (χ4v) is 4.05. The quantitative estimate of drug-likeness (QED) is 0.501. The molecule has 2 aliphatic rings. The van der Waals surface area contributed by atoms with Gasteiger partial charge in [-0.3, -0.25) is 4.90 Å². The predicted octanol–water partition coefficient (Wildman–Crippen LogP) is 2.77. The summed E-state index contributed by atoms with van der Waals surface area (Å²) in [6, 6.07) is 7.73. The number of aromatic nitrogens is 2. The Kier molecular flexibility index (Phi) is 7.34. The summed E-state index contributed by atoms with van der Waals surface area (Å²) in [4.78, 5) is 13.7. The number of benzene rings is 1. The molecule has 0 spiro atoms. The molecule has 1 aromatic carbocycles. The van der Waals surface area contributed by atoms with Gasteiger partial charge < -0.3 is 25.1 Å². The normalized spacial score (nSPS) is 17.5. The first-order chi connectivity index (χ1) is 15.1. The van der Waals surface area contributed by atoms with Gasteiger partial charge in [0, 0.05) is 74.8 Å². The van der Waals surface area contributed by atoms with Crippen LogP contribution in [0.5, 0.6) is 0 Å². The molecule has 0 amide bonds. The van der Waals surface area contributed by atoms with Crippen LogP contribution in [0.15, 0.2) is 24.3 Å². The Labute approximate surface area is 188 Å². The minimum Gasteiger partial charge on any atom is -0.388 e. The van der Waals surface area contributed by atoms with Crippen molar-refractivity contribution in [3.05, 3.63) is 35.0 Å². The topological polar surface area (TPSA) is 86.6 Å². The summed E-state index contributed by atoms with van der Waals surface area (Å²) in [7, 11) is 1.87. The maximum Gasteiger partial charge on any atom is 0.163 e. The van der Waals surface area contributed by atoms with Crippen LogP contribution in [0.2, 0.25) is 5.15 Å². The first kappa shape index (κ1) is 22.0. The number of halogens is 1. The highest BCUT2D eigenvalue weighted by Gasteiger charge is 2.17. The van der Waals surface area contributed by atoms with E-state index in [1.165, 1.54) is 0 Å². The largest absolute Gasteiger partial charge is 0.388 e. The third kappa shape index (κ3) is 5.51. The Morgan fingerprint density at radius 2 is 1.77 bits per heavy atom. The molecule has 2 aliphatic heterocycles. The molecule has 2 aromatic rings. The molecule has 31 heavy (non-hydrogen) atoms. The second-order valence-corrected chi connectivity index (χ2v) is 8.05. The van der Waals surface area contributed by atoms with Gasteiger partial charge in [-0.25, -0.2) is 9.97 Å². The van der Waals surface area contributed by atoms with Crippen LogP contribution in [0.25, 0.3) is 11.4 Å². The number of anilines is 2. The second kappa shape index (κ2) is 10.4. The van der Waals surface area contributed by atoms with Crippen molar-refractivity contribution in [2.24, 2.45) is 0 Å². The van der Waals surface area contributed by atoms with E-state index < -0.39 is 0 Å². The highest BCUT2D eigenvalue weighted by atomic mass is 35.5. The molecular weight excluding hydrogens is 416 g/mol. The Balaban J connectivity index is 1.52. The SMILES string of the molecule is CNc1cc(-c2nc(Cl)cc(N3CCOCC3)n2)ccc1C(=N)CCN1CCOCC1. The summed E-state index contributed by atoms with van der Waals surface area (Å²) >= 11 is 6.32. The number of ether oxygens (including phenoxy) is 2. The molecule has 1 aromatic heterocycles. The molecule has 0 unspecified atom stereocenters. The van der Waals surface area contributed by atoms with Crippen molar-refractivity contribution in [1.29, 1.82) is 5.41 Å². The molecule has 0 bridgehead atoms. The second-order valence-electron chi connectivity index (χ2n) is 7.66. The van der Waals surface area contributed by atoms with Crippen molar-refractivity contribution in [3.8, 4) is 11.4 Å².